The lowest BCUT2D eigenvalue weighted by atomic mass is 10.0. The van der Waals surface area contributed by atoms with Crippen LogP contribution in [0.15, 0.2) is 48.5 Å². The number of alkyl halides is 3. The lowest BCUT2D eigenvalue weighted by molar-refractivity contribution is -0.137. The number of rotatable bonds is 4. The molecule has 0 heterocycles. The summed E-state index contributed by atoms with van der Waals surface area (Å²) in [4.78, 5) is 12.3. The molecule has 2 N–H and O–H groups in total. The zero-order valence-electron chi connectivity index (χ0n) is 12.7. The normalized spacial score (nSPS) is 12.6. The maximum absolute atomic E-state index is 12.9. The van der Waals surface area contributed by atoms with Gasteiger partial charge in [0.1, 0.15) is 0 Å². The molecule has 2 aromatic carbocycles. The van der Waals surface area contributed by atoms with E-state index in [2.05, 4.69) is 10.6 Å². The van der Waals surface area contributed by atoms with Crippen LogP contribution in [0.2, 0.25) is 0 Å². The van der Waals surface area contributed by atoms with Gasteiger partial charge in [-0.05, 0) is 30.7 Å². The highest BCUT2D eigenvalue weighted by Crippen LogP contribution is 2.33. The van der Waals surface area contributed by atoms with Gasteiger partial charge in [-0.2, -0.15) is 13.2 Å². The minimum absolute atomic E-state index is 0.108. The summed E-state index contributed by atoms with van der Waals surface area (Å²) in [6.07, 6.45) is -4.47. The van der Waals surface area contributed by atoms with E-state index in [0.29, 0.717) is 0 Å². The van der Waals surface area contributed by atoms with Crippen molar-refractivity contribution in [1.29, 1.82) is 0 Å². The van der Waals surface area contributed by atoms with Gasteiger partial charge in [-0.15, -0.1) is 0 Å². The predicted molar refractivity (Wildman–Crippen MR) is 84.5 cm³/mol. The molecule has 0 radical (unpaired) electrons. The maximum atomic E-state index is 12.9. The molecule has 0 aromatic heterocycles. The van der Waals surface area contributed by atoms with Crippen molar-refractivity contribution in [3.63, 3.8) is 0 Å². The van der Waals surface area contributed by atoms with Crippen LogP contribution in [0.5, 0.6) is 0 Å². The fourth-order valence-electron chi connectivity index (χ4n) is 2.15. The molecule has 2 aromatic rings. The molecule has 0 aliphatic rings. The van der Waals surface area contributed by atoms with E-state index in [1.54, 1.807) is 19.1 Å². The number of nitrogens with one attached hydrogen (secondary N) is 2. The minimum atomic E-state index is -4.47. The highest BCUT2D eigenvalue weighted by molar-refractivity contribution is 5.96. The van der Waals surface area contributed by atoms with Crippen LogP contribution in [0.1, 0.15) is 24.0 Å². The predicted octanol–water partition coefficient (Wildman–Crippen LogP) is 4.49. The van der Waals surface area contributed by atoms with Crippen molar-refractivity contribution in [2.24, 2.45) is 0 Å². The van der Waals surface area contributed by atoms with Crippen molar-refractivity contribution in [2.45, 2.75) is 19.0 Å². The number of amides is 1. The van der Waals surface area contributed by atoms with Gasteiger partial charge >= 0.3 is 6.18 Å². The van der Waals surface area contributed by atoms with E-state index in [-0.39, 0.29) is 17.3 Å². The van der Waals surface area contributed by atoms with Crippen LogP contribution in [0, 0.1) is 0 Å². The van der Waals surface area contributed by atoms with Crippen molar-refractivity contribution >= 4 is 17.3 Å². The van der Waals surface area contributed by atoms with Gasteiger partial charge in [-0.1, -0.05) is 30.3 Å². The van der Waals surface area contributed by atoms with E-state index in [4.69, 9.17) is 0 Å². The van der Waals surface area contributed by atoms with Gasteiger partial charge < -0.3 is 10.6 Å². The van der Waals surface area contributed by atoms with Crippen molar-refractivity contribution in [1.82, 2.24) is 0 Å². The van der Waals surface area contributed by atoms with E-state index in [0.717, 1.165) is 17.7 Å². The molecule has 2 rings (SSSR count). The third-order valence-electron chi connectivity index (χ3n) is 3.51. The molecule has 0 fully saturated rings. The second-order valence-electron chi connectivity index (χ2n) is 5.17. The fourth-order valence-corrected chi connectivity index (χ4v) is 2.15. The number of halogens is 3. The van der Waals surface area contributed by atoms with E-state index in [1.807, 2.05) is 18.2 Å². The first-order valence-corrected chi connectivity index (χ1v) is 7.07. The smallest absolute Gasteiger partial charge is 0.388 e. The van der Waals surface area contributed by atoms with Gasteiger partial charge in [0.05, 0.1) is 11.5 Å². The number of carbonyl (C=O) groups excluding carboxylic acids is 1. The number of carbonyl (C=O) groups is 1. The van der Waals surface area contributed by atoms with Gasteiger partial charge in [0, 0.05) is 18.4 Å². The SMILES string of the molecule is CNc1cc(NC(=O)[C@H](C)c2ccccc2)cc(C(F)(F)F)c1. The van der Waals surface area contributed by atoms with Gasteiger partial charge in [0.25, 0.3) is 0 Å². The third kappa shape index (κ3) is 4.25. The summed E-state index contributed by atoms with van der Waals surface area (Å²) >= 11 is 0. The summed E-state index contributed by atoms with van der Waals surface area (Å²) in [6, 6.07) is 12.4. The van der Waals surface area contributed by atoms with Crippen molar-refractivity contribution in [3.05, 3.63) is 59.7 Å². The maximum Gasteiger partial charge on any atom is 0.416 e. The van der Waals surface area contributed by atoms with Crippen LogP contribution in [0.3, 0.4) is 0 Å². The molecule has 0 saturated carbocycles. The molecule has 1 amide bonds. The average Bonchev–Trinajstić information content (AvgIpc) is 2.53. The molecule has 0 unspecified atom stereocenters. The monoisotopic (exact) mass is 322 g/mol. The van der Waals surface area contributed by atoms with Gasteiger partial charge in [0.15, 0.2) is 0 Å². The average molecular weight is 322 g/mol. The summed E-state index contributed by atoms with van der Waals surface area (Å²) in [5, 5.41) is 5.21. The Balaban J connectivity index is 2.24. The Labute approximate surface area is 132 Å². The summed E-state index contributed by atoms with van der Waals surface area (Å²) in [5.74, 6) is -0.832. The quantitative estimate of drug-likeness (QED) is 0.871. The van der Waals surface area contributed by atoms with Gasteiger partial charge in [-0.3, -0.25) is 4.79 Å². The molecule has 3 nitrogen and oxygen atoms in total. The first-order valence-electron chi connectivity index (χ1n) is 7.07. The van der Waals surface area contributed by atoms with Gasteiger partial charge in [0.2, 0.25) is 5.91 Å². The summed E-state index contributed by atoms with van der Waals surface area (Å²) in [7, 11) is 1.52. The Bertz CT molecular complexity index is 684. The van der Waals surface area contributed by atoms with Crippen LogP contribution < -0.4 is 10.6 Å². The molecule has 1 atom stereocenters. The Hall–Kier alpha value is -2.50. The first-order chi connectivity index (χ1) is 10.8. The molecule has 0 bridgehead atoms. The number of hydrogen-bond donors (Lipinski definition) is 2. The number of anilines is 2. The van der Waals surface area contributed by atoms with Crippen LogP contribution in [-0.4, -0.2) is 13.0 Å². The first kappa shape index (κ1) is 16.9. The second kappa shape index (κ2) is 6.73. The van der Waals surface area contributed by atoms with Crippen LogP contribution in [-0.2, 0) is 11.0 Å². The lowest BCUT2D eigenvalue weighted by Gasteiger charge is -2.15. The molecule has 6 heteroatoms. The summed E-state index contributed by atoms with van der Waals surface area (Å²) in [5.41, 5.74) is 0.372. The zero-order valence-corrected chi connectivity index (χ0v) is 12.7. The molecule has 0 saturated heterocycles. The number of hydrogen-bond acceptors (Lipinski definition) is 2. The molecule has 0 aliphatic heterocycles. The standard InChI is InChI=1S/C17H17F3N2O/c1-11(12-6-4-3-5-7-12)16(23)22-15-9-13(17(18,19)20)8-14(10-15)21-2/h3-11,21H,1-2H3,(H,22,23)/t11-/m1/s1. The Kier molecular flexibility index (Phi) is 4.93. The van der Waals surface area contributed by atoms with E-state index >= 15 is 0 Å². The van der Waals surface area contributed by atoms with E-state index in [1.165, 1.54) is 13.1 Å². The molecule has 23 heavy (non-hydrogen) atoms. The summed E-state index contributed by atoms with van der Waals surface area (Å²) in [6.45, 7) is 1.71. The zero-order chi connectivity index (χ0) is 17.0. The molecule has 0 aliphatic carbocycles. The molecule has 0 spiro atoms. The highest BCUT2D eigenvalue weighted by atomic mass is 19.4. The third-order valence-corrected chi connectivity index (χ3v) is 3.51. The van der Waals surface area contributed by atoms with Crippen LogP contribution in [0.25, 0.3) is 0 Å². The number of benzene rings is 2. The van der Waals surface area contributed by atoms with Crippen LogP contribution in [0.4, 0.5) is 24.5 Å². The Morgan fingerprint density at radius 2 is 1.65 bits per heavy atom. The topological polar surface area (TPSA) is 41.1 Å². The Morgan fingerprint density at radius 3 is 2.22 bits per heavy atom. The fraction of sp³-hybridized carbons (Fsp3) is 0.235. The minimum Gasteiger partial charge on any atom is -0.388 e. The molecular formula is C17H17F3N2O. The lowest BCUT2D eigenvalue weighted by Crippen LogP contribution is -2.19. The summed E-state index contributed by atoms with van der Waals surface area (Å²) < 4.78 is 38.7. The van der Waals surface area contributed by atoms with Crippen molar-refractivity contribution < 1.29 is 18.0 Å². The second-order valence-corrected chi connectivity index (χ2v) is 5.17. The largest absolute Gasteiger partial charge is 0.416 e. The Morgan fingerprint density at radius 1 is 1.04 bits per heavy atom. The molecule has 122 valence electrons. The van der Waals surface area contributed by atoms with Crippen molar-refractivity contribution in [3.8, 4) is 0 Å². The van der Waals surface area contributed by atoms with Crippen molar-refractivity contribution in [2.75, 3.05) is 17.7 Å². The van der Waals surface area contributed by atoms with E-state index in [9.17, 15) is 18.0 Å². The molecular weight excluding hydrogens is 305 g/mol. The highest BCUT2D eigenvalue weighted by Gasteiger charge is 2.31. The van der Waals surface area contributed by atoms with E-state index < -0.39 is 17.7 Å². The van der Waals surface area contributed by atoms with Crippen LogP contribution >= 0.6 is 0 Å². The van der Waals surface area contributed by atoms with Gasteiger partial charge in [-0.25, -0.2) is 0 Å².